The third kappa shape index (κ3) is 5.01. The Kier molecular flexibility index (Phi) is 5.94. The first-order valence-electron chi connectivity index (χ1n) is 8.60. The van der Waals surface area contributed by atoms with Crippen LogP contribution >= 0.6 is 0 Å². The standard InChI is InChI=1S/C22H22N2O/c25-22(21-12-7-15-23-18-21)24(16-13-19-8-3-1-4-9-19)17-14-20-10-5-2-6-11-20/h1-12,15,18H,13-14,16-17H2. The lowest BCUT2D eigenvalue weighted by Crippen LogP contribution is -2.34. The number of rotatable bonds is 7. The van der Waals surface area contributed by atoms with Crippen molar-refractivity contribution in [1.82, 2.24) is 9.88 Å². The highest BCUT2D eigenvalue weighted by molar-refractivity contribution is 5.93. The number of benzene rings is 2. The first kappa shape index (κ1) is 16.9. The molecule has 1 amide bonds. The highest BCUT2D eigenvalue weighted by atomic mass is 16.2. The number of amides is 1. The Morgan fingerprint density at radius 1 is 0.760 bits per heavy atom. The van der Waals surface area contributed by atoms with Crippen molar-refractivity contribution < 1.29 is 4.79 Å². The average molecular weight is 330 g/mol. The fraction of sp³-hybridized carbons (Fsp3) is 0.182. The van der Waals surface area contributed by atoms with Crippen LogP contribution in [0.3, 0.4) is 0 Å². The van der Waals surface area contributed by atoms with E-state index in [1.165, 1.54) is 11.1 Å². The molecule has 0 spiro atoms. The molecule has 3 nitrogen and oxygen atoms in total. The molecule has 1 aromatic heterocycles. The molecule has 0 aliphatic rings. The maximum Gasteiger partial charge on any atom is 0.255 e. The van der Waals surface area contributed by atoms with E-state index >= 15 is 0 Å². The molecule has 1 heterocycles. The van der Waals surface area contributed by atoms with Crippen molar-refractivity contribution in [3.05, 3.63) is 102 Å². The van der Waals surface area contributed by atoms with Crippen molar-refractivity contribution in [3.8, 4) is 0 Å². The van der Waals surface area contributed by atoms with Crippen LogP contribution in [0.25, 0.3) is 0 Å². The molecule has 0 fully saturated rings. The zero-order valence-electron chi connectivity index (χ0n) is 14.2. The number of carbonyl (C=O) groups is 1. The molecule has 3 rings (SSSR count). The molecule has 2 aromatic carbocycles. The Morgan fingerprint density at radius 2 is 1.32 bits per heavy atom. The number of carbonyl (C=O) groups excluding carboxylic acids is 1. The van der Waals surface area contributed by atoms with Gasteiger partial charge in [0.1, 0.15) is 0 Å². The van der Waals surface area contributed by atoms with Crippen LogP contribution in [0.15, 0.2) is 85.2 Å². The zero-order valence-corrected chi connectivity index (χ0v) is 14.2. The van der Waals surface area contributed by atoms with Gasteiger partial charge in [0, 0.05) is 25.5 Å². The summed E-state index contributed by atoms with van der Waals surface area (Å²) in [6, 6.07) is 24.2. The van der Waals surface area contributed by atoms with Crippen LogP contribution in [0.2, 0.25) is 0 Å². The van der Waals surface area contributed by atoms with Gasteiger partial charge in [-0.25, -0.2) is 0 Å². The van der Waals surface area contributed by atoms with Crippen LogP contribution in [0.1, 0.15) is 21.5 Å². The maximum atomic E-state index is 12.9. The summed E-state index contributed by atoms with van der Waals surface area (Å²) in [6.07, 6.45) is 5.03. The van der Waals surface area contributed by atoms with Crippen LogP contribution in [0.5, 0.6) is 0 Å². The molecular formula is C22H22N2O. The predicted octanol–water partition coefficient (Wildman–Crippen LogP) is 4.01. The van der Waals surface area contributed by atoms with E-state index in [2.05, 4.69) is 29.2 Å². The van der Waals surface area contributed by atoms with Gasteiger partial charge in [-0.2, -0.15) is 0 Å². The Morgan fingerprint density at radius 3 is 1.80 bits per heavy atom. The topological polar surface area (TPSA) is 33.2 Å². The van der Waals surface area contributed by atoms with E-state index in [0.717, 1.165) is 12.8 Å². The molecule has 0 saturated heterocycles. The van der Waals surface area contributed by atoms with Crippen molar-refractivity contribution in [1.29, 1.82) is 0 Å². The van der Waals surface area contributed by atoms with Gasteiger partial charge in [-0.15, -0.1) is 0 Å². The van der Waals surface area contributed by atoms with Crippen molar-refractivity contribution in [3.63, 3.8) is 0 Å². The van der Waals surface area contributed by atoms with E-state index in [-0.39, 0.29) is 5.91 Å². The SMILES string of the molecule is O=C(c1cccnc1)N(CCc1ccccc1)CCc1ccccc1. The van der Waals surface area contributed by atoms with Gasteiger partial charge in [-0.1, -0.05) is 60.7 Å². The molecule has 0 radical (unpaired) electrons. The molecule has 0 N–H and O–H groups in total. The van der Waals surface area contributed by atoms with E-state index in [1.807, 2.05) is 47.4 Å². The third-order valence-electron chi connectivity index (χ3n) is 4.22. The molecular weight excluding hydrogens is 308 g/mol. The fourth-order valence-corrected chi connectivity index (χ4v) is 2.80. The lowest BCUT2D eigenvalue weighted by atomic mass is 10.1. The first-order valence-corrected chi connectivity index (χ1v) is 8.60. The fourth-order valence-electron chi connectivity index (χ4n) is 2.80. The molecule has 0 saturated carbocycles. The zero-order chi connectivity index (χ0) is 17.3. The number of hydrogen-bond acceptors (Lipinski definition) is 2. The molecule has 0 bridgehead atoms. The summed E-state index contributed by atoms with van der Waals surface area (Å²) in [7, 11) is 0. The predicted molar refractivity (Wildman–Crippen MR) is 100 cm³/mol. The van der Waals surface area contributed by atoms with Gasteiger partial charge in [0.05, 0.1) is 5.56 Å². The summed E-state index contributed by atoms with van der Waals surface area (Å²) in [5.74, 6) is 0.0416. The van der Waals surface area contributed by atoms with E-state index < -0.39 is 0 Å². The lowest BCUT2D eigenvalue weighted by Gasteiger charge is -2.23. The van der Waals surface area contributed by atoms with Crippen LogP contribution in [0, 0.1) is 0 Å². The van der Waals surface area contributed by atoms with Crippen molar-refractivity contribution in [2.75, 3.05) is 13.1 Å². The second-order valence-electron chi connectivity index (χ2n) is 6.01. The normalized spacial score (nSPS) is 10.4. The average Bonchev–Trinajstić information content (AvgIpc) is 2.70. The minimum atomic E-state index is 0.0416. The number of pyridine rings is 1. The molecule has 25 heavy (non-hydrogen) atoms. The highest BCUT2D eigenvalue weighted by Crippen LogP contribution is 2.09. The second-order valence-corrected chi connectivity index (χ2v) is 6.01. The van der Waals surface area contributed by atoms with Gasteiger partial charge < -0.3 is 4.90 Å². The Labute approximate surface area is 149 Å². The molecule has 0 aliphatic carbocycles. The van der Waals surface area contributed by atoms with E-state index in [9.17, 15) is 4.79 Å². The molecule has 0 aliphatic heterocycles. The monoisotopic (exact) mass is 330 g/mol. The van der Waals surface area contributed by atoms with Gasteiger partial charge >= 0.3 is 0 Å². The molecule has 126 valence electrons. The van der Waals surface area contributed by atoms with E-state index in [1.54, 1.807) is 18.5 Å². The van der Waals surface area contributed by atoms with Crippen molar-refractivity contribution in [2.45, 2.75) is 12.8 Å². The van der Waals surface area contributed by atoms with Crippen LogP contribution < -0.4 is 0 Å². The summed E-state index contributed by atoms with van der Waals surface area (Å²) in [4.78, 5) is 18.9. The van der Waals surface area contributed by atoms with Crippen LogP contribution in [0.4, 0.5) is 0 Å². The number of hydrogen-bond donors (Lipinski definition) is 0. The van der Waals surface area contributed by atoms with Gasteiger partial charge in [-0.3, -0.25) is 9.78 Å². The Hall–Kier alpha value is -2.94. The molecule has 0 atom stereocenters. The number of nitrogens with zero attached hydrogens (tertiary/aromatic N) is 2. The largest absolute Gasteiger partial charge is 0.338 e. The van der Waals surface area contributed by atoms with Gasteiger partial charge in [0.2, 0.25) is 0 Å². The minimum Gasteiger partial charge on any atom is -0.338 e. The van der Waals surface area contributed by atoms with Crippen molar-refractivity contribution in [2.24, 2.45) is 0 Å². The minimum absolute atomic E-state index is 0.0416. The van der Waals surface area contributed by atoms with E-state index in [4.69, 9.17) is 0 Å². The molecule has 3 heteroatoms. The lowest BCUT2D eigenvalue weighted by molar-refractivity contribution is 0.0758. The molecule has 3 aromatic rings. The van der Waals surface area contributed by atoms with Gasteiger partial charge in [0.25, 0.3) is 5.91 Å². The summed E-state index contributed by atoms with van der Waals surface area (Å²) >= 11 is 0. The third-order valence-corrected chi connectivity index (χ3v) is 4.22. The summed E-state index contributed by atoms with van der Waals surface area (Å²) in [6.45, 7) is 1.40. The van der Waals surface area contributed by atoms with Crippen LogP contribution in [-0.4, -0.2) is 28.9 Å². The highest BCUT2D eigenvalue weighted by Gasteiger charge is 2.15. The van der Waals surface area contributed by atoms with Crippen LogP contribution in [-0.2, 0) is 12.8 Å². The summed E-state index contributed by atoms with van der Waals surface area (Å²) < 4.78 is 0. The second kappa shape index (κ2) is 8.78. The quantitative estimate of drug-likeness (QED) is 0.656. The summed E-state index contributed by atoms with van der Waals surface area (Å²) in [5, 5.41) is 0. The van der Waals surface area contributed by atoms with Crippen molar-refractivity contribution >= 4 is 5.91 Å². The van der Waals surface area contributed by atoms with E-state index in [0.29, 0.717) is 18.7 Å². The van der Waals surface area contributed by atoms with Gasteiger partial charge in [0.15, 0.2) is 0 Å². The summed E-state index contributed by atoms with van der Waals surface area (Å²) in [5.41, 5.74) is 3.13. The smallest absolute Gasteiger partial charge is 0.255 e. The Balaban J connectivity index is 1.69. The molecule has 0 unspecified atom stereocenters. The maximum absolute atomic E-state index is 12.9. The van der Waals surface area contributed by atoms with Gasteiger partial charge in [-0.05, 0) is 36.1 Å². The number of aromatic nitrogens is 1. The Bertz CT molecular complexity index is 729. The first-order chi connectivity index (χ1) is 12.3.